The summed E-state index contributed by atoms with van der Waals surface area (Å²) in [6, 6.07) is 18.7. The van der Waals surface area contributed by atoms with Gasteiger partial charge < -0.3 is 10.2 Å². The standard InChI is InChI=1S/C22H25N3O2/c1-16-14-22(15-17-10-6-4-7-11-17,21(27)23-19(16)25(2)3)24-20(26)18-12-8-5-9-13-18/h4-13,16H,14-15H2,1-3H3,(H,24,26)/t16-,22-/m1/s1. The third kappa shape index (κ3) is 4.08. The molecule has 0 saturated carbocycles. The van der Waals surface area contributed by atoms with Gasteiger partial charge in [0.25, 0.3) is 11.8 Å². The number of amidine groups is 1. The molecule has 2 aromatic carbocycles. The predicted molar refractivity (Wildman–Crippen MR) is 107 cm³/mol. The van der Waals surface area contributed by atoms with Crippen molar-refractivity contribution in [2.24, 2.45) is 10.9 Å². The summed E-state index contributed by atoms with van der Waals surface area (Å²) in [4.78, 5) is 32.2. The first-order chi connectivity index (χ1) is 12.9. The molecule has 1 N–H and O–H groups in total. The first-order valence-corrected chi connectivity index (χ1v) is 9.13. The van der Waals surface area contributed by atoms with Crippen LogP contribution in [0, 0.1) is 5.92 Å². The smallest absolute Gasteiger partial charge is 0.273 e. The Morgan fingerprint density at radius 2 is 1.70 bits per heavy atom. The Bertz CT molecular complexity index is 846. The van der Waals surface area contributed by atoms with E-state index in [1.807, 2.05) is 74.4 Å². The Balaban J connectivity index is 1.97. The van der Waals surface area contributed by atoms with E-state index in [9.17, 15) is 9.59 Å². The molecule has 0 spiro atoms. The van der Waals surface area contributed by atoms with E-state index in [0.29, 0.717) is 18.4 Å². The van der Waals surface area contributed by atoms with Crippen LogP contribution in [0.2, 0.25) is 0 Å². The normalized spacial score (nSPS) is 22.1. The third-order valence-electron chi connectivity index (χ3n) is 4.92. The molecule has 5 heteroatoms. The largest absolute Gasteiger partial charge is 0.366 e. The van der Waals surface area contributed by atoms with Crippen molar-refractivity contribution in [3.05, 3.63) is 71.8 Å². The highest BCUT2D eigenvalue weighted by Gasteiger charge is 2.45. The molecule has 0 radical (unpaired) electrons. The summed E-state index contributed by atoms with van der Waals surface area (Å²) in [5, 5.41) is 3.02. The van der Waals surface area contributed by atoms with Crippen LogP contribution < -0.4 is 5.32 Å². The van der Waals surface area contributed by atoms with Crippen molar-refractivity contribution in [1.82, 2.24) is 10.2 Å². The van der Waals surface area contributed by atoms with E-state index in [1.54, 1.807) is 12.1 Å². The van der Waals surface area contributed by atoms with Crippen LogP contribution in [0.25, 0.3) is 0 Å². The lowest BCUT2D eigenvalue weighted by Gasteiger charge is -2.39. The molecule has 1 aliphatic rings. The molecule has 0 saturated heterocycles. The fraction of sp³-hybridized carbons (Fsp3) is 0.318. The maximum absolute atomic E-state index is 13.1. The van der Waals surface area contributed by atoms with Crippen LogP contribution in [-0.2, 0) is 11.2 Å². The Hall–Kier alpha value is -2.95. The highest BCUT2D eigenvalue weighted by molar-refractivity contribution is 6.06. The maximum atomic E-state index is 13.1. The van der Waals surface area contributed by atoms with Crippen molar-refractivity contribution >= 4 is 17.6 Å². The van der Waals surface area contributed by atoms with Crippen LogP contribution in [0.15, 0.2) is 65.7 Å². The molecule has 2 atom stereocenters. The zero-order chi connectivity index (χ0) is 19.4. The van der Waals surface area contributed by atoms with Crippen molar-refractivity contribution < 1.29 is 9.59 Å². The van der Waals surface area contributed by atoms with E-state index < -0.39 is 5.54 Å². The van der Waals surface area contributed by atoms with Gasteiger partial charge in [-0.25, -0.2) is 0 Å². The van der Waals surface area contributed by atoms with E-state index in [-0.39, 0.29) is 17.7 Å². The minimum atomic E-state index is -1.05. The average Bonchev–Trinajstić information content (AvgIpc) is 2.66. The SMILES string of the molecule is C[C@@H]1C[C@](Cc2ccccc2)(NC(=O)c2ccccc2)C(=O)N=C1N(C)C. The minimum Gasteiger partial charge on any atom is -0.366 e. The number of nitrogens with zero attached hydrogens (tertiary/aromatic N) is 2. The monoisotopic (exact) mass is 363 g/mol. The van der Waals surface area contributed by atoms with Gasteiger partial charge >= 0.3 is 0 Å². The number of aliphatic imine (C=N–C) groups is 1. The third-order valence-corrected chi connectivity index (χ3v) is 4.92. The van der Waals surface area contributed by atoms with Gasteiger partial charge in [0.05, 0.1) is 0 Å². The number of nitrogens with one attached hydrogen (secondary N) is 1. The molecule has 140 valence electrons. The summed E-state index contributed by atoms with van der Waals surface area (Å²) in [5.41, 5.74) is 0.482. The van der Waals surface area contributed by atoms with Gasteiger partial charge in [-0.2, -0.15) is 4.99 Å². The molecule has 0 unspecified atom stereocenters. The van der Waals surface area contributed by atoms with E-state index >= 15 is 0 Å². The Morgan fingerprint density at radius 3 is 2.30 bits per heavy atom. The van der Waals surface area contributed by atoms with Gasteiger partial charge in [-0.15, -0.1) is 0 Å². The first kappa shape index (κ1) is 18.8. The molecule has 1 aliphatic heterocycles. The van der Waals surface area contributed by atoms with Gasteiger partial charge in [0.2, 0.25) is 0 Å². The summed E-state index contributed by atoms with van der Waals surface area (Å²) in [7, 11) is 3.77. The number of hydrogen-bond acceptors (Lipinski definition) is 3. The molecule has 5 nitrogen and oxygen atoms in total. The van der Waals surface area contributed by atoms with Crippen LogP contribution in [0.5, 0.6) is 0 Å². The molecule has 2 amide bonds. The minimum absolute atomic E-state index is 0.0532. The molecular weight excluding hydrogens is 338 g/mol. The van der Waals surface area contributed by atoms with Crippen LogP contribution >= 0.6 is 0 Å². The van der Waals surface area contributed by atoms with Gasteiger partial charge in [-0.3, -0.25) is 9.59 Å². The second kappa shape index (κ2) is 7.74. The first-order valence-electron chi connectivity index (χ1n) is 9.13. The van der Waals surface area contributed by atoms with E-state index in [2.05, 4.69) is 10.3 Å². The van der Waals surface area contributed by atoms with E-state index in [1.165, 1.54) is 0 Å². The van der Waals surface area contributed by atoms with Gasteiger partial charge in [0.15, 0.2) is 0 Å². The summed E-state index contributed by atoms with van der Waals surface area (Å²) in [6.45, 7) is 2.04. The molecule has 0 fully saturated rings. The number of carbonyl (C=O) groups excluding carboxylic acids is 2. The van der Waals surface area contributed by atoms with Crippen molar-refractivity contribution in [3.63, 3.8) is 0 Å². The van der Waals surface area contributed by atoms with Crippen molar-refractivity contribution in [3.8, 4) is 0 Å². The Labute approximate surface area is 160 Å². The maximum Gasteiger partial charge on any atom is 0.273 e. The predicted octanol–water partition coefficient (Wildman–Crippen LogP) is 2.92. The van der Waals surface area contributed by atoms with E-state index in [0.717, 1.165) is 11.4 Å². The topological polar surface area (TPSA) is 61.8 Å². The van der Waals surface area contributed by atoms with Crippen LogP contribution in [0.1, 0.15) is 29.3 Å². The highest BCUT2D eigenvalue weighted by atomic mass is 16.2. The summed E-state index contributed by atoms with van der Waals surface area (Å²) in [5.74, 6) is 0.253. The fourth-order valence-electron chi connectivity index (χ4n) is 3.68. The molecule has 27 heavy (non-hydrogen) atoms. The number of carbonyl (C=O) groups is 2. The second-order valence-corrected chi connectivity index (χ2v) is 7.34. The summed E-state index contributed by atoms with van der Waals surface area (Å²) >= 11 is 0. The number of amides is 2. The molecule has 2 aromatic rings. The highest BCUT2D eigenvalue weighted by Crippen LogP contribution is 2.30. The molecule has 1 heterocycles. The van der Waals surface area contributed by atoms with Gasteiger partial charge in [0.1, 0.15) is 11.4 Å². The van der Waals surface area contributed by atoms with Crippen molar-refractivity contribution in [2.75, 3.05) is 14.1 Å². The Kier molecular flexibility index (Phi) is 5.40. The van der Waals surface area contributed by atoms with Gasteiger partial charge in [0, 0.05) is 32.0 Å². The molecule has 3 rings (SSSR count). The van der Waals surface area contributed by atoms with Crippen molar-refractivity contribution in [2.45, 2.75) is 25.3 Å². The van der Waals surface area contributed by atoms with Crippen LogP contribution in [0.3, 0.4) is 0 Å². The molecular formula is C22H25N3O2. The lowest BCUT2D eigenvalue weighted by molar-refractivity contribution is -0.125. The zero-order valence-electron chi connectivity index (χ0n) is 16.0. The lowest BCUT2D eigenvalue weighted by atomic mass is 9.79. The zero-order valence-corrected chi connectivity index (χ0v) is 16.0. The van der Waals surface area contributed by atoms with Gasteiger partial charge in [-0.05, 0) is 24.1 Å². The fourth-order valence-corrected chi connectivity index (χ4v) is 3.68. The second-order valence-electron chi connectivity index (χ2n) is 7.34. The van der Waals surface area contributed by atoms with Crippen LogP contribution in [-0.4, -0.2) is 42.2 Å². The number of hydrogen-bond donors (Lipinski definition) is 1. The quantitative estimate of drug-likeness (QED) is 0.908. The van der Waals surface area contributed by atoms with E-state index in [4.69, 9.17) is 0 Å². The van der Waals surface area contributed by atoms with Gasteiger partial charge in [-0.1, -0.05) is 55.5 Å². The number of rotatable bonds is 4. The average molecular weight is 363 g/mol. The van der Waals surface area contributed by atoms with Crippen LogP contribution in [0.4, 0.5) is 0 Å². The Morgan fingerprint density at radius 1 is 1.11 bits per heavy atom. The summed E-state index contributed by atoms with van der Waals surface area (Å²) in [6.07, 6.45) is 0.927. The lowest BCUT2D eigenvalue weighted by Crippen LogP contribution is -2.60. The molecule has 0 aliphatic carbocycles. The molecule has 0 bridgehead atoms. The summed E-state index contributed by atoms with van der Waals surface area (Å²) < 4.78 is 0. The number of benzene rings is 2. The van der Waals surface area contributed by atoms with Crippen molar-refractivity contribution in [1.29, 1.82) is 0 Å². The molecule has 0 aromatic heterocycles.